The number of aliphatic hydroxyl groups excluding tert-OH is 1. The molecule has 1 N–H and O–H groups in total. The summed E-state index contributed by atoms with van der Waals surface area (Å²) in [4.78, 5) is 12.7. The van der Waals surface area contributed by atoms with Gasteiger partial charge in [0.05, 0.1) is 85.2 Å². The average Bonchev–Trinajstić information content (AvgIpc) is 3.45. The third-order valence-corrected chi connectivity index (χ3v) is 13.1. The van der Waals surface area contributed by atoms with Crippen molar-refractivity contribution in [1.82, 2.24) is 0 Å². The highest BCUT2D eigenvalue weighted by Gasteiger charge is 2.57. The topological polar surface area (TPSA) is 119 Å². The van der Waals surface area contributed by atoms with E-state index >= 15 is 0 Å². The van der Waals surface area contributed by atoms with Crippen molar-refractivity contribution in [3.63, 3.8) is 0 Å². The first kappa shape index (κ1) is 46.9. The Morgan fingerprint density at radius 3 is 2.04 bits per heavy atom. The highest BCUT2D eigenvalue weighted by molar-refractivity contribution is 7.84. The Bertz CT molecular complexity index is 1350. The molecule has 4 rings (SSSR count). The molecule has 0 radical (unpaired) electrons. The number of carbonyl (C=O) groups excluding carboxylic acids is 1. The molecule has 322 valence electrons. The lowest BCUT2D eigenvalue weighted by Gasteiger charge is -2.53. The molecule has 0 heterocycles. The molecule has 1 aromatic carbocycles. The lowest BCUT2D eigenvalue weighted by Crippen LogP contribution is -2.47. The van der Waals surface area contributed by atoms with E-state index in [1.807, 2.05) is 12.1 Å². The number of esters is 1. The number of alkyl halides is 5. The van der Waals surface area contributed by atoms with Crippen molar-refractivity contribution in [2.75, 3.05) is 91.3 Å². The number of hydrogen-bond acceptors (Lipinski definition) is 10. The molecule has 0 spiro atoms. The summed E-state index contributed by atoms with van der Waals surface area (Å²) in [7, 11) is 0.111. The quantitative estimate of drug-likeness (QED) is 0.0447. The molecule has 0 aromatic heterocycles. The van der Waals surface area contributed by atoms with E-state index in [0.29, 0.717) is 103 Å². The molecule has 0 aliphatic heterocycles. The zero-order chi connectivity index (χ0) is 40.6. The fraction of sp³-hybridized carbons (Fsp3) is 0.825. The largest absolute Gasteiger partial charge is 0.453 e. The Kier molecular flexibility index (Phi) is 19.4. The van der Waals surface area contributed by atoms with Gasteiger partial charge in [-0.1, -0.05) is 13.0 Å². The molecule has 16 heteroatoms. The van der Waals surface area contributed by atoms with Gasteiger partial charge >= 0.3 is 18.1 Å². The number of methoxy groups -OCH3 is 1. The van der Waals surface area contributed by atoms with Crippen LogP contribution in [0.5, 0.6) is 5.75 Å². The first-order valence-electron chi connectivity index (χ1n) is 20.0. The smallest absolute Gasteiger partial charge is 0.426 e. The van der Waals surface area contributed by atoms with E-state index in [4.69, 9.17) is 33.2 Å². The molecule has 56 heavy (non-hydrogen) atoms. The predicted molar refractivity (Wildman–Crippen MR) is 200 cm³/mol. The van der Waals surface area contributed by atoms with E-state index in [-0.39, 0.29) is 47.9 Å². The summed E-state index contributed by atoms with van der Waals surface area (Å²) in [5.41, 5.74) is 2.13. The maximum Gasteiger partial charge on any atom is 0.453 e. The molecular weight excluding hydrogens is 767 g/mol. The van der Waals surface area contributed by atoms with Crippen LogP contribution >= 0.6 is 0 Å². The Hall–Kier alpha value is -1.79. The molecule has 0 saturated heterocycles. The van der Waals surface area contributed by atoms with Gasteiger partial charge in [0.2, 0.25) is 0 Å². The van der Waals surface area contributed by atoms with E-state index in [2.05, 4.69) is 13.0 Å². The third-order valence-electron chi connectivity index (χ3n) is 11.6. The molecule has 2 saturated carbocycles. The van der Waals surface area contributed by atoms with E-state index < -0.39 is 41.7 Å². The van der Waals surface area contributed by atoms with Gasteiger partial charge in [-0.15, -0.1) is 0 Å². The van der Waals surface area contributed by atoms with Gasteiger partial charge in [0.1, 0.15) is 5.75 Å². The Morgan fingerprint density at radius 1 is 0.839 bits per heavy atom. The van der Waals surface area contributed by atoms with Gasteiger partial charge in [0.15, 0.2) is 0 Å². The van der Waals surface area contributed by atoms with Crippen LogP contribution in [-0.4, -0.2) is 125 Å². The second-order valence-electron chi connectivity index (χ2n) is 15.3. The second-order valence-corrected chi connectivity index (χ2v) is 17.0. The van der Waals surface area contributed by atoms with Crippen molar-refractivity contribution in [1.29, 1.82) is 0 Å². The standard InChI is InChI=1S/C40H61F5O10S/c1-38-13-10-33-32-7-6-31(55-36(47)11-14-50-17-18-52-21-22-54-24-23-53-20-19-51-16-15-49-2)28-30(32)27-29(37(33)34(38)8-9-35(38)46)5-3-25-56(48)26-4-12-39(41,42)40(43,44)45/h6-7,28-29,33-35,37,46H,3-5,8-27H2,1-2H3/t29-,33-,34+,35+,37-,38+,56?/m1/s1. The van der Waals surface area contributed by atoms with Gasteiger partial charge in [-0.3, -0.25) is 9.00 Å². The molecule has 2 fully saturated rings. The van der Waals surface area contributed by atoms with Crippen LogP contribution in [-0.2, 0) is 50.4 Å². The number of hydrogen-bond donors (Lipinski definition) is 1. The minimum Gasteiger partial charge on any atom is -0.426 e. The van der Waals surface area contributed by atoms with Gasteiger partial charge in [-0.05, 0) is 104 Å². The van der Waals surface area contributed by atoms with Crippen molar-refractivity contribution >= 4 is 16.8 Å². The van der Waals surface area contributed by atoms with Crippen LogP contribution in [0.4, 0.5) is 22.0 Å². The van der Waals surface area contributed by atoms with E-state index in [1.165, 1.54) is 5.56 Å². The highest BCUT2D eigenvalue weighted by atomic mass is 32.2. The molecule has 1 aromatic rings. The number of benzene rings is 1. The van der Waals surface area contributed by atoms with Crippen LogP contribution in [0.25, 0.3) is 0 Å². The summed E-state index contributed by atoms with van der Waals surface area (Å²) in [6.45, 7) is 6.89. The summed E-state index contributed by atoms with van der Waals surface area (Å²) in [5, 5.41) is 11.0. The number of halogens is 5. The summed E-state index contributed by atoms with van der Waals surface area (Å²) < 4.78 is 115. The fourth-order valence-corrected chi connectivity index (χ4v) is 9.91. The molecule has 0 amide bonds. The third kappa shape index (κ3) is 13.9. The molecule has 3 aliphatic carbocycles. The predicted octanol–water partition coefficient (Wildman–Crippen LogP) is 6.66. The van der Waals surface area contributed by atoms with Crippen molar-refractivity contribution in [3.8, 4) is 5.75 Å². The van der Waals surface area contributed by atoms with Crippen LogP contribution in [0.2, 0.25) is 0 Å². The normalized spacial score (nSPS) is 25.4. The van der Waals surface area contributed by atoms with Gasteiger partial charge in [-0.25, -0.2) is 0 Å². The Balaban J connectivity index is 1.18. The lowest BCUT2D eigenvalue weighted by atomic mass is 9.52. The number of fused-ring (bicyclic) bond motifs is 5. The monoisotopic (exact) mass is 828 g/mol. The molecular formula is C40H61F5O10S. The Labute approximate surface area is 330 Å². The first-order valence-corrected chi connectivity index (χ1v) is 21.4. The molecule has 7 atom stereocenters. The molecule has 0 bridgehead atoms. The summed E-state index contributed by atoms with van der Waals surface area (Å²) in [6.07, 6.45) is -2.29. The highest BCUT2D eigenvalue weighted by Crippen LogP contribution is 2.62. The molecule has 10 nitrogen and oxygen atoms in total. The van der Waals surface area contributed by atoms with Crippen LogP contribution in [0.15, 0.2) is 18.2 Å². The van der Waals surface area contributed by atoms with Crippen LogP contribution in [0.1, 0.15) is 81.8 Å². The first-order chi connectivity index (χ1) is 26.8. The molecule has 1 unspecified atom stereocenters. The zero-order valence-electron chi connectivity index (χ0n) is 32.8. The van der Waals surface area contributed by atoms with Crippen molar-refractivity contribution in [2.45, 2.75) is 95.3 Å². The van der Waals surface area contributed by atoms with Crippen molar-refractivity contribution in [3.05, 3.63) is 29.3 Å². The van der Waals surface area contributed by atoms with Crippen LogP contribution in [0.3, 0.4) is 0 Å². The van der Waals surface area contributed by atoms with E-state index in [1.54, 1.807) is 7.11 Å². The summed E-state index contributed by atoms with van der Waals surface area (Å²) in [5.74, 6) is -3.68. The fourth-order valence-electron chi connectivity index (χ4n) is 8.75. The van der Waals surface area contributed by atoms with Gasteiger partial charge < -0.3 is 38.3 Å². The average molecular weight is 829 g/mol. The van der Waals surface area contributed by atoms with E-state index in [9.17, 15) is 36.1 Å². The van der Waals surface area contributed by atoms with Crippen LogP contribution < -0.4 is 4.74 Å². The lowest BCUT2D eigenvalue weighted by molar-refractivity contribution is -0.284. The van der Waals surface area contributed by atoms with Gasteiger partial charge in [0.25, 0.3) is 0 Å². The Morgan fingerprint density at radius 2 is 1.43 bits per heavy atom. The van der Waals surface area contributed by atoms with E-state index in [0.717, 1.165) is 31.2 Å². The number of ether oxygens (including phenoxy) is 7. The number of carbonyl (C=O) groups is 1. The minimum atomic E-state index is -5.61. The summed E-state index contributed by atoms with van der Waals surface area (Å²) in [6, 6.07) is 5.81. The maximum atomic E-state index is 13.3. The second kappa shape index (κ2) is 23.1. The SMILES string of the molecule is COCCOCCOCCOCCOCCOCCC(=O)Oc1ccc2c(c1)C[C@@H](CCCS(=O)CCCC(F)(F)C(F)(F)F)[C@@H]1[C@@H]2CC[C@]2(C)[C@@H](O)CC[C@@H]12. The van der Waals surface area contributed by atoms with Crippen LogP contribution in [0, 0.1) is 23.2 Å². The van der Waals surface area contributed by atoms with Crippen molar-refractivity contribution < 1.29 is 69.2 Å². The molecule has 3 aliphatic rings. The minimum absolute atomic E-state index is 0.0680. The zero-order valence-corrected chi connectivity index (χ0v) is 33.6. The number of aliphatic hydroxyl groups is 1. The van der Waals surface area contributed by atoms with Gasteiger partial charge in [0, 0.05) is 35.8 Å². The number of rotatable bonds is 27. The summed E-state index contributed by atoms with van der Waals surface area (Å²) >= 11 is 0. The van der Waals surface area contributed by atoms with Gasteiger partial charge in [-0.2, -0.15) is 22.0 Å². The maximum absolute atomic E-state index is 13.3. The van der Waals surface area contributed by atoms with Crippen molar-refractivity contribution in [2.24, 2.45) is 23.2 Å².